The lowest BCUT2D eigenvalue weighted by Gasteiger charge is -2.18. The molecule has 1 rings (SSSR count). The molecule has 2 nitrogen and oxygen atoms in total. The largest absolute Gasteiger partial charge is 0.460 e. The van der Waals surface area contributed by atoms with Crippen LogP contribution in [0.5, 0.6) is 0 Å². The highest BCUT2D eigenvalue weighted by Gasteiger charge is 2.23. The summed E-state index contributed by atoms with van der Waals surface area (Å²) in [5, 5.41) is 0. The summed E-state index contributed by atoms with van der Waals surface area (Å²) in [5.74, 6) is -0.142. The lowest BCUT2D eigenvalue weighted by molar-refractivity contribution is -0.154. The highest BCUT2D eigenvalue weighted by molar-refractivity contribution is 5.75. The minimum absolute atomic E-state index is 0.142. The molecule has 106 valence electrons. The van der Waals surface area contributed by atoms with E-state index in [0.29, 0.717) is 6.61 Å². The first-order chi connectivity index (χ1) is 8.88. The Kier molecular flexibility index (Phi) is 5.59. The van der Waals surface area contributed by atoms with Crippen molar-refractivity contribution in [3.63, 3.8) is 0 Å². The normalized spacial score (nSPS) is 11.4. The minimum Gasteiger partial charge on any atom is -0.460 e. The summed E-state index contributed by atoms with van der Waals surface area (Å²) < 4.78 is 5.44. The fourth-order valence-corrected chi connectivity index (χ4v) is 1.91. The van der Waals surface area contributed by atoms with Crippen molar-refractivity contribution in [3.05, 3.63) is 34.9 Å². The molecule has 0 amide bonds. The summed E-state index contributed by atoms with van der Waals surface area (Å²) in [6.45, 7) is 10.3. The van der Waals surface area contributed by atoms with Crippen LogP contribution in [-0.4, -0.2) is 5.97 Å². The number of hydrogen-bond donors (Lipinski definition) is 0. The zero-order valence-electron chi connectivity index (χ0n) is 12.9. The number of carbonyl (C=O) groups excluding carboxylic acids is 1. The summed E-state index contributed by atoms with van der Waals surface area (Å²) in [5.41, 5.74) is 3.30. The Hall–Kier alpha value is -1.31. The predicted octanol–water partition coefficient (Wildman–Crippen LogP) is 4.29. The summed E-state index contributed by atoms with van der Waals surface area (Å²) in [4.78, 5) is 11.8. The van der Waals surface area contributed by atoms with Gasteiger partial charge in [0.2, 0.25) is 0 Å². The molecule has 1 aromatic rings. The number of benzene rings is 1. The SMILES string of the molecule is CCCc1ccc(CC)cc1COC(=O)C(C)(C)C. The predicted molar refractivity (Wildman–Crippen MR) is 79.1 cm³/mol. The topological polar surface area (TPSA) is 26.3 Å². The first kappa shape index (κ1) is 15.7. The molecule has 0 aliphatic heterocycles. The molecular formula is C17H26O2. The van der Waals surface area contributed by atoms with Crippen molar-refractivity contribution in [1.82, 2.24) is 0 Å². The second kappa shape index (κ2) is 6.74. The molecule has 19 heavy (non-hydrogen) atoms. The summed E-state index contributed by atoms with van der Waals surface area (Å²) in [6.07, 6.45) is 3.14. The third kappa shape index (κ3) is 4.70. The van der Waals surface area contributed by atoms with Crippen LogP contribution in [0, 0.1) is 5.41 Å². The summed E-state index contributed by atoms with van der Waals surface area (Å²) >= 11 is 0. The van der Waals surface area contributed by atoms with Crippen molar-refractivity contribution in [3.8, 4) is 0 Å². The molecule has 0 saturated carbocycles. The van der Waals surface area contributed by atoms with E-state index < -0.39 is 5.41 Å². The van der Waals surface area contributed by atoms with Gasteiger partial charge in [0.25, 0.3) is 0 Å². The number of esters is 1. The molecular weight excluding hydrogens is 236 g/mol. The Morgan fingerprint density at radius 3 is 2.37 bits per heavy atom. The monoisotopic (exact) mass is 262 g/mol. The highest BCUT2D eigenvalue weighted by Crippen LogP contribution is 2.19. The van der Waals surface area contributed by atoms with Crippen molar-refractivity contribution in [2.45, 2.75) is 60.5 Å². The van der Waals surface area contributed by atoms with Crippen LogP contribution >= 0.6 is 0 Å². The third-order valence-electron chi connectivity index (χ3n) is 3.17. The molecule has 0 aliphatic carbocycles. The van der Waals surface area contributed by atoms with Crippen LogP contribution < -0.4 is 0 Å². The Balaban J connectivity index is 2.83. The van der Waals surface area contributed by atoms with E-state index in [0.717, 1.165) is 24.8 Å². The second-order valence-electron chi connectivity index (χ2n) is 6.03. The van der Waals surface area contributed by atoms with E-state index in [1.165, 1.54) is 11.1 Å². The maximum Gasteiger partial charge on any atom is 0.311 e. The zero-order chi connectivity index (χ0) is 14.5. The number of ether oxygens (including phenoxy) is 1. The van der Waals surface area contributed by atoms with Crippen LogP contribution in [0.4, 0.5) is 0 Å². The van der Waals surface area contributed by atoms with Gasteiger partial charge in [-0.3, -0.25) is 4.79 Å². The van der Waals surface area contributed by atoms with Crippen molar-refractivity contribution < 1.29 is 9.53 Å². The lowest BCUT2D eigenvalue weighted by atomic mass is 9.97. The van der Waals surface area contributed by atoms with Gasteiger partial charge in [-0.15, -0.1) is 0 Å². The van der Waals surface area contributed by atoms with Crippen LogP contribution in [0.2, 0.25) is 0 Å². The Labute approximate surface area is 117 Å². The van der Waals surface area contributed by atoms with Crippen molar-refractivity contribution in [2.24, 2.45) is 5.41 Å². The molecule has 0 atom stereocenters. The Bertz CT molecular complexity index is 427. The first-order valence-corrected chi connectivity index (χ1v) is 7.16. The molecule has 0 bridgehead atoms. The van der Waals surface area contributed by atoms with E-state index in [2.05, 4.69) is 32.0 Å². The van der Waals surface area contributed by atoms with Gasteiger partial charge in [-0.1, -0.05) is 38.5 Å². The Morgan fingerprint density at radius 1 is 1.16 bits per heavy atom. The molecule has 0 heterocycles. The lowest BCUT2D eigenvalue weighted by Crippen LogP contribution is -2.23. The van der Waals surface area contributed by atoms with E-state index >= 15 is 0 Å². The van der Waals surface area contributed by atoms with E-state index in [-0.39, 0.29) is 5.97 Å². The van der Waals surface area contributed by atoms with Crippen LogP contribution in [-0.2, 0) is 29.0 Å². The Morgan fingerprint density at radius 2 is 1.84 bits per heavy atom. The van der Waals surface area contributed by atoms with Crippen molar-refractivity contribution in [2.75, 3.05) is 0 Å². The van der Waals surface area contributed by atoms with Crippen LogP contribution in [0.25, 0.3) is 0 Å². The number of hydrogen-bond acceptors (Lipinski definition) is 2. The molecule has 2 heteroatoms. The third-order valence-corrected chi connectivity index (χ3v) is 3.17. The summed E-state index contributed by atoms with van der Waals surface area (Å²) in [7, 11) is 0. The second-order valence-corrected chi connectivity index (χ2v) is 6.03. The molecule has 0 N–H and O–H groups in total. The van der Waals surface area contributed by atoms with Crippen molar-refractivity contribution in [1.29, 1.82) is 0 Å². The van der Waals surface area contributed by atoms with Gasteiger partial charge < -0.3 is 4.74 Å². The van der Waals surface area contributed by atoms with Crippen LogP contribution in [0.15, 0.2) is 18.2 Å². The standard InChI is InChI=1S/C17H26O2/c1-6-8-14-10-9-13(7-2)11-15(14)12-19-16(18)17(3,4)5/h9-11H,6-8,12H2,1-5H3. The van der Waals surface area contributed by atoms with Gasteiger partial charge in [-0.05, 0) is 50.3 Å². The van der Waals surface area contributed by atoms with Gasteiger partial charge in [0.05, 0.1) is 5.41 Å². The van der Waals surface area contributed by atoms with Gasteiger partial charge in [-0.25, -0.2) is 0 Å². The van der Waals surface area contributed by atoms with Gasteiger partial charge in [-0.2, -0.15) is 0 Å². The molecule has 0 radical (unpaired) electrons. The van der Waals surface area contributed by atoms with E-state index in [9.17, 15) is 4.79 Å². The number of carbonyl (C=O) groups is 1. The number of aryl methyl sites for hydroxylation is 2. The summed E-state index contributed by atoms with van der Waals surface area (Å²) in [6, 6.07) is 6.50. The van der Waals surface area contributed by atoms with E-state index in [1.807, 2.05) is 20.8 Å². The molecule has 1 aromatic carbocycles. The fraction of sp³-hybridized carbons (Fsp3) is 0.588. The maximum atomic E-state index is 11.8. The quantitative estimate of drug-likeness (QED) is 0.740. The maximum absolute atomic E-state index is 11.8. The zero-order valence-corrected chi connectivity index (χ0v) is 12.9. The highest BCUT2D eigenvalue weighted by atomic mass is 16.5. The average Bonchev–Trinajstić information content (AvgIpc) is 2.36. The van der Waals surface area contributed by atoms with Gasteiger partial charge in [0, 0.05) is 0 Å². The van der Waals surface area contributed by atoms with E-state index in [4.69, 9.17) is 4.74 Å². The molecule has 0 saturated heterocycles. The van der Waals surface area contributed by atoms with Crippen molar-refractivity contribution >= 4 is 5.97 Å². The van der Waals surface area contributed by atoms with Gasteiger partial charge >= 0.3 is 5.97 Å². The first-order valence-electron chi connectivity index (χ1n) is 7.16. The molecule has 0 aromatic heterocycles. The average molecular weight is 262 g/mol. The minimum atomic E-state index is -0.437. The fourth-order valence-electron chi connectivity index (χ4n) is 1.91. The molecule has 0 aliphatic rings. The molecule has 0 fully saturated rings. The smallest absolute Gasteiger partial charge is 0.311 e. The molecule has 0 spiro atoms. The van der Waals surface area contributed by atoms with E-state index in [1.54, 1.807) is 0 Å². The van der Waals surface area contributed by atoms with Gasteiger partial charge in [0.15, 0.2) is 0 Å². The number of rotatable bonds is 5. The molecule has 0 unspecified atom stereocenters. The van der Waals surface area contributed by atoms with Crippen LogP contribution in [0.1, 0.15) is 57.7 Å². The van der Waals surface area contributed by atoms with Gasteiger partial charge in [0.1, 0.15) is 6.61 Å². The van der Waals surface area contributed by atoms with Crippen LogP contribution in [0.3, 0.4) is 0 Å².